The van der Waals surface area contributed by atoms with E-state index in [1.54, 1.807) is 0 Å². The molecule has 1 aliphatic heterocycles. The maximum Gasteiger partial charge on any atom is 0.249 e. The van der Waals surface area contributed by atoms with Gasteiger partial charge in [-0.1, -0.05) is 213 Å². The Morgan fingerprint density at radius 1 is 0.534 bits per heavy atom. The van der Waals surface area contributed by atoms with E-state index in [0.29, 0.717) is 19.3 Å². The second-order valence-corrected chi connectivity index (χ2v) is 17.5. The standard InChI is InChI=1S/C47H93NO10/c1-3-5-7-8-9-10-11-12-13-14-15-16-17-18-19-20-21-22-23-24-25-26-27-28-29-30-31-33-35-40(51)46(56)48-38(42(52)39(50)34-32-6-4-2)37-57-47-45(55)44(54)43(53)41(36-49)58-47/h38-45,47,49-55H,3-37H2,1-2H3,(H,48,56). The van der Waals surface area contributed by atoms with Crippen LogP contribution in [0.25, 0.3) is 0 Å². The van der Waals surface area contributed by atoms with E-state index in [9.17, 15) is 40.5 Å². The van der Waals surface area contributed by atoms with Crippen molar-refractivity contribution >= 4 is 5.91 Å². The van der Waals surface area contributed by atoms with Gasteiger partial charge in [0.2, 0.25) is 5.91 Å². The van der Waals surface area contributed by atoms with Crippen molar-refractivity contribution in [3.63, 3.8) is 0 Å². The van der Waals surface area contributed by atoms with Crippen LogP contribution in [0.15, 0.2) is 0 Å². The predicted molar refractivity (Wildman–Crippen MR) is 233 cm³/mol. The van der Waals surface area contributed by atoms with Crippen molar-refractivity contribution in [2.24, 2.45) is 0 Å². The zero-order valence-electron chi connectivity index (χ0n) is 37.3. The fourth-order valence-corrected chi connectivity index (χ4v) is 8.09. The molecule has 1 amide bonds. The van der Waals surface area contributed by atoms with E-state index in [1.807, 2.05) is 6.92 Å². The van der Waals surface area contributed by atoms with Crippen molar-refractivity contribution in [2.75, 3.05) is 13.2 Å². The van der Waals surface area contributed by atoms with Crippen LogP contribution < -0.4 is 5.32 Å². The molecule has 1 fully saturated rings. The van der Waals surface area contributed by atoms with Crippen molar-refractivity contribution in [3.8, 4) is 0 Å². The van der Waals surface area contributed by atoms with E-state index in [-0.39, 0.29) is 6.42 Å². The van der Waals surface area contributed by atoms with Gasteiger partial charge in [0, 0.05) is 0 Å². The number of aliphatic hydroxyl groups is 7. The Bertz CT molecular complexity index is 913. The van der Waals surface area contributed by atoms with Crippen molar-refractivity contribution in [1.29, 1.82) is 0 Å². The number of hydrogen-bond acceptors (Lipinski definition) is 10. The summed E-state index contributed by atoms with van der Waals surface area (Å²) in [7, 11) is 0. The minimum absolute atomic E-state index is 0.265. The summed E-state index contributed by atoms with van der Waals surface area (Å²) >= 11 is 0. The second-order valence-electron chi connectivity index (χ2n) is 17.5. The Hall–Kier alpha value is -0.890. The summed E-state index contributed by atoms with van der Waals surface area (Å²) in [6.07, 6.45) is 28.7. The predicted octanol–water partition coefficient (Wildman–Crippen LogP) is 8.28. The molecule has 9 unspecified atom stereocenters. The van der Waals surface area contributed by atoms with Gasteiger partial charge in [-0.25, -0.2) is 0 Å². The molecule has 1 heterocycles. The zero-order chi connectivity index (χ0) is 42.6. The Balaban J connectivity index is 2.09. The van der Waals surface area contributed by atoms with E-state index in [4.69, 9.17) is 9.47 Å². The van der Waals surface area contributed by atoms with Crippen LogP contribution in [0, 0.1) is 0 Å². The number of hydrogen-bond donors (Lipinski definition) is 8. The zero-order valence-corrected chi connectivity index (χ0v) is 37.3. The Morgan fingerprint density at radius 3 is 1.29 bits per heavy atom. The lowest BCUT2D eigenvalue weighted by molar-refractivity contribution is -0.303. The molecule has 0 aromatic carbocycles. The fourth-order valence-electron chi connectivity index (χ4n) is 8.09. The number of carbonyl (C=O) groups excluding carboxylic acids is 1. The Kier molecular flexibility index (Phi) is 36.0. The molecule has 1 aliphatic rings. The second kappa shape index (κ2) is 37.8. The summed E-state index contributed by atoms with van der Waals surface area (Å²) in [5.74, 6) is -0.702. The molecule has 1 rings (SSSR count). The monoisotopic (exact) mass is 832 g/mol. The summed E-state index contributed by atoms with van der Waals surface area (Å²) < 4.78 is 11.0. The van der Waals surface area contributed by atoms with Crippen molar-refractivity contribution in [1.82, 2.24) is 5.32 Å². The molecule has 0 aliphatic carbocycles. The first-order valence-corrected chi connectivity index (χ1v) is 24.4. The number of aliphatic hydroxyl groups excluding tert-OH is 7. The molecule has 11 nitrogen and oxygen atoms in total. The van der Waals surface area contributed by atoms with Gasteiger partial charge < -0.3 is 50.5 Å². The highest BCUT2D eigenvalue weighted by molar-refractivity contribution is 5.80. The van der Waals surface area contributed by atoms with Crippen LogP contribution in [0.4, 0.5) is 0 Å². The minimum atomic E-state index is -1.65. The highest BCUT2D eigenvalue weighted by atomic mass is 16.7. The Labute approximate surface area is 354 Å². The molecule has 8 N–H and O–H groups in total. The molecule has 58 heavy (non-hydrogen) atoms. The quantitative estimate of drug-likeness (QED) is 0.0279. The molecule has 346 valence electrons. The first-order chi connectivity index (χ1) is 28.2. The van der Waals surface area contributed by atoms with Gasteiger partial charge in [-0.3, -0.25) is 4.79 Å². The molecule has 9 atom stereocenters. The summed E-state index contributed by atoms with van der Waals surface area (Å²) in [5.41, 5.74) is 0. The Morgan fingerprint density at radius 2 is 0.897 bits per heavy atom. The average molecular weight is 832 g/mol. The highest BCUT2D eigenvalue weighted by Gasteiger charge is 2.44. The lowest BCUT2D eigenvalue weighted by atomic mass is 9.98. The van der Waals surface area contributed by atoms with Crippen LogP contribution in [0.1, 0.15) is 226 Å². The number of nitrogens with one attached hydrogen (secondary N) is 1. The summed E-state index contributed by atoms with van der Waals surface area (Å²) in [4.78, 5) is 12.9. The highest BCUT2D eigenvalue weighted by Crippen LogP contribution is 2.23. The molecule has 0 aromatic heterocycles. The maximum absolute atomic E-state index is 12.9. The van der Waals surface area contributed by atoms with Crippen molar-refractivity contribution < 1.29 is 50.0 Å². The van der Waals surface area contributed by atoms with Gasteiger partial charge in [-0.05, 0) is 12.8 Å². The SMILES string of the molecule is CCCCCCCCCCCCCCCCCCCCCCCCCCCCCCC(O)C(=O)NC(COC1OC(CO)C(O)C(O)C1O)C(O)C(O)CCCCC. The first kappa shape index (κ1) is 55.1. The fraction of sp³-hybridized carbons (Fsp3) is 0.979. The van der Waals surface area contributed by atoms with Crippen LogP contribution in [0.2, 0.25) is 0 Å². The molecule has 0 saturated carbocycles. The van der Waals surface area contributed by atoms with Crippen LogP contribution in [0.5, 0.6) is 0 Å². The maximum atomic E-state index is 12.9. The van der Waals surface area contributed by atoms with Gasteiger partial charge in [0.25, 0.3) is 0 Å². The van der Waals surface area contributed by atoms with E-state index in [2.05, 4.69) is 12.2 Å². The van der Waals surface area contributed by atoms with Gasteiger partial charge in [-0.2, -0.15) is 0 Å². The third-order valence-electron chi connectivity index (χ3n) is 12.2. The van der Waals surface area contributed by atoms with E-state index < -0.39 is 74.2 Å². The summed E-state index contributed by atoms with van der Waals surface area (Å²) in [6.45, 7) is 3.25. The third-order valence-corrected chi connectivity index (χ3v) is 12.2. The third kappa shape index (κ3) is 27.1. The van der Waals surface area contributed by atoms with Crippen LogP contribution in [0.3, 0.4) is 0 Å². The largest absolute Gasteiger partial charge is 0.394 e. The normalized spacial score (nSPS) is 21.8. The van der Waals surface area contributed by atoms with E-state index in [0.717, 1.165) is 32.1 Å². The minimum Gasteiger partial charge on any atom is -0.394 e. The molecule has 0 radical (unpaired) electrons. The lowest BCUT2D eigenvalue weighted by Gasteiger charge is -2.40. The molecular weight excluding hydrogens is 739 g/mol. The lowest BCUT2D eigenvalue weighted by Crippen LogP contribution is -2.60. The molecule has 0 spiro atoms. The number of carbonyl (C=O) groups is 1. The van der Waals surface area contributed by atoms with Crippen LogP contribution in [-0.2, 0) is 14.3 Å². The number of amides is 1. The molecule has 0 aromatic rings. The van der Waals surface area contributed by atoms with Gasteiger partial charge in [0.1, 0.15) is 36.6 Å². The van der Waals surface area contributed by atoms with Crippen LogP contribution in [-0.4, -0.2) is 110 Å². The van der Waals surface area contributed by atoms with Gasteiger partial charge in [-0.15, -0.1) is 0 Å². The molecule has 11 heteroatoms. The topological polar surface area (TPSA) is 189 Å². The van der Waals surface area contributed by atoms with E-state index in [1.165, 1.54) is 154 Å². The van der Waals surface area contributed by atoms with Crippen molar-refractivity contribution in [3.05, 3.63) is 0 Å². The molecule has 0 bridgehead atoms. The first-order valence-electron chi connectivity index (χ1n) is 24.4. The molecular formula is C47H93NO10. The van der Waals surface area contributed by atoms with E-state index >= 15 is 0 Å². The molecule has 1 saturated heterocycles. The number of unbranched alkanes of at least 4 members (excludes halogenated alkanes) is 29. The summed E-state index contributed by atoms with van der Waals surface area (Å²) in [6, 6.07) is -1.16. The van der Waals surface area contributed by atoms with Crippen molar-refractivity contribution in [2.45, 2.75) is 281 Å². The average Bonchev–Trinajstić information content (AvgIpc) is 3.22. The number of rotatable bonds is 41. The van der Waals surface area contributed by atoms with Gasteiger partial charge >= 0.3 is 0 Å². The van der Waals surface area contributed by atoms with Gasteiger partial charge in [0.15, 0.2) is 6.29 Å². The van der Waals surface area contributed by atoms with Gasteiger partial charge in [0.05, 0.1) is 25.4 Å². The summed E-state index contributed by atoms with van der Waals surface area (Å²) in [5, 5.41) is 74.7. The number of ether oxygens (including phenoxy) is 2. The smallest absolute Gasteiger partial charge is 0.249 e. The van der Waals surface area contributed by atoms with Crippen LogP contribution >= 0.6 is 0 Å².